The third kappa shape index (κ3) is 2.12. The van der Waals surface area contributed by atoms with Crippen molar-refractivity contribution in [2.45, 2.75) is 6.42 Å². The van der Waals surface area contributed by atoms with Crippen molar-refractivity contribution in [2.75, 3.05) is 18.1 Å². The quantitative estimate of drug-likeness (QED) is 0.699. The highest BCUT2D eigenvalue weighted by Gasteiger charge is 2.10. The molecule has 5 N–H and O–H groups in total. The van der Waals surface area contributed by atoms with Gasteiger partial charge >= 0.3 is 0 Å². The van der Waals surface area contributed by atoms with Crippen molar-refractivity contribution in [2.24, 2.45) is 7.05 Å². The second-order valence-corrected chi connectivity index (χ2v) is 4.12. The SMILES string of the molecule is Cn1cccc1-c1cc(CCO)cc(N)c1N. The van der Waals surface area contributed by atoms with Gasteiger partial charge in [0.1, 0.15) is 0 Å². The van der Waals surface area contributed by atoms with Crippen LogP contribution in [0.25, 0.3) is 11.3 Å². The van der Waals surface area contributed by atoms with E-state index in [1.54, 1.807) is 0 Å². The molecule has 0 amide bonds. The number of benzene rings is 1. The summed E-state index contributed by atoms with van der Waals surface area (Å²) in [7, 11) is 1.96. The molecule has 0 radical (unpaired) electrons. The fraction of sp³-hybridized carbons (Fsp3) is 0.231. The topological polar surface area (TPSA) is 77.2 Å². The standard InChI is InChI=1S/C13H17N3O/c1-16-5-2-3-12(16)10-7-9(4-6-17)8-11(14)13(10)15/h2-3,5,7-8,17H,4,6,14-15H2,1H3. The van der Waals surface area contributed by atoms with Gasteiger partial charge < -0.3 is 21.1 Å². The molecule has 2 aromatic rings. The average molecular weight is 231 g/mol. The predicted octanol–water partition coefficient (Wildman–Crippen LogP) is 1.39. The maximum absolute atomic E-state index is 8.98. The lowest BCUT2D eigenvalue weighted by Crippen LogP contribution is -2.02. The third-order valence-corrected chi connectivity index (χ3v) is 2.89. The second kappa shape index (κ2) is 4.51. The van der Waals surface area contributed by atoms with E-state index in [4.69, 9.17) is 16.6 Å². The molecule has 2 rings (SSSR count). The Morgan fingerprint density at radius 3 is 2.65 bits per heavy atom. The van der Waals surface area contributed by atoms with Crippen molar-refractivity contribution in [3.63, 3.8) is 0 Å². The van der Waals surface area contributed by atoms with Gasteiger partial charge in [-0.1, -0.05) is 0 Å². The van der Waals surface area contributed by atoms with Gasteiger partial charge in [0.2, 0.25) is 0 Å². The minimum Gasteiger partial charge on any atom is -0.397 e. The maximum atomic E-state index is 8.98. The van der Waals surface area contributed by atoms with E-state index >= 15 is 0 Å². The van der Waals surface area contributed by atoms with E-state index in [1.165, 1.54) is 0 Å². The first kappa shape index (κ1) is 11.5. The second-order valence-electron chi connectivity index (χ2n) is 4.12. The van der Waals surface area contributed by atoms with Crippen LogP contribution in [-0.4, -0.2) is 16.3 Å². The molecule has 0 saturated carbocycles. The van der Waals surface area contributed by atoms with E-state index < -0.39 is 0 Å². The minimum atomic E-state index is 0.107. The zero-order valence-electron chi connectivity index (χ0n) is 9.85. The summed E-state index contributed by atoms with van der Waals surface area (Å²) in [5, 5.41) is 8.98. The van der Waals surface area contributed by atoms with Crippen LogP contribution < -0.4 is 11.5 Å². The first-order valence-electron chi connectivity index (χ1n) is 5.54. The lowest BCUT2D eigenvalue weighted by atomic mass is 10.0. The number of aliphatic hydroxyl groups excluding tert-OH is 1. The maximum Gasteiger partial charge on any atom is 0.0642 e. The van der Waals surface area contributed by atoms with Crippen LogP contribution in [0.1, 0.15) is 5.56 Å². The number of hydrogen-bond donors (Lipinski definition) is 3. The monoisotopic (exact) mass is 231 g/mol. The van der Waals surface area contributed by atoms with Crippen LogP contribution in [0.2, 0.25) is 0 Å². The van der Waals surface area contributed by atoms with Crippen LogP contribution in [0.4, 0.5) is 11.4 Å². The van der Waals surface area contributed by atoms with Crippen molar-refractivity contribution in [1.29, 1.82) is 0 Å². The smallest absolute Gasteiger partial charge is 0.0642 e. The van der Waals surface area contributed by atoms with Crippen molar-refractivity contribution < 1.29 is 5.11 Å². The summed E-state index contributed by atoms with van der Waals surface area (Å²) in [5.74, 6) is 0. The number of aliphatic hydroxyl groups is 1. The molecule has 0 aliphatic rings. The summed E-state index contributed by atoms with van der Waals surface area (Å²) in [6.45, 7) is 0.107. The van der Waals surface area contributed by atoms with E-state index in [2.05, 4.69) is 0 Å². The number of nitrogens with two attached hydrogens (primary N) is 2. The molecule has 0 fully saturated rings. The van der Waals surface area contributed by atoms with Gasteiger partial charge in [0.15, 0.2) is 0 Å². The minimum absolute atomic E-state index is 0.107. The molecule has 0 atom stereocenters. The highest BCUT2D eigenvalue weighted by Crippen LogP contribution is 2.31. The Hall–Kier alpha value is -1.94. The molecule has 0 spiro atoms. The van der Waals surface area contributed by atoms with E-state index in [0.29, 0.717) is 17.8 Å². The first-order valence-corrected chi connectivity index (χ1v) is 5.54. The lowest BCUT2D eigenvalue weighted by molar-refractivity contribution is 0.299. The molecule has 17 heavy (non-hydrogen) atoms. The molecule has 4 heteroatoms. The largest absolute Gasteiger partial charge is 0.397 e. The van der Waals surface area contributed by atoms with Crippen molar-refractivity contribution in [3.05, 3.63) is 36.0 Å². The Kier molecular flexibility index (Phi) is 3.06. The highest BCUT2D eigenvalue weighted by atomic mass is 16.2. The Balaban J connectivity index is 2.56. The summed E-state index contributed by atoms with van der Waals surface area (Å²) in [4.78, 5) is 0. The Morgan fingerprint density at radius 1 is 1.29 bits per heavy atom. The van der Waals surface area contributed by atoms with Crippen LogP contribution in [0, 0.1) is 0 Å². The molecule has 0 saturated heterocycles. The molecule has 4 nitrogen and oxygen atoms in total. The fourth-order valence-electron chi connectivity index (χ4n) is 1.96. The highest BCUT2D eigenvalue weighted by molar-refractivity contribution is 5.84. The van der Waals surface area contributed by atoms with Crippen LogP contribution >= 0.6 is 0 Å². The number of aryl methyl sites for hydroxylation is 1. The molecule has 0 aliphatic carbocycles. The molecular weight excluding hydrogens is 214 g/mol. The Morgan fingerprint density at radius 2 is 2.06 bits per heavy atom. The van der Waals surface area contributed by atoms with Crippen LogP contribution in [-0.2, 0) is 13.5 Å². The number of anilines is 2. The van der Waals surface area contributed by atoms with E-state index in [-0.39, 0.29) is 6.61 Å². The van der Waals surface area contributed by atoms with Crippen LogP contribution in [0.3, 0.4) is 0 Å². The molecule has 1 aromatic carbocycles. The molecule has 1 heterocycles. The third-order valence-electron chi connectivity index (χ3n) is 2.89. The van der Waals surface area contributed by atoms with Gasteiger partial charge in [-0.2, -0.15) is 0 Å². The van der Waals surface area contributed by atoms with Gasteiger partial charge in [-0.3, -0.25) is 0 Å². The zero-order valence-corrected chi connectivity index (χ0v) is 9.85. The molecule has 0 aliphatic heterocycles. The number of nitrogens with zero attached hydrogens (tertiary/aromatic N) is 1. The van der Waals surface area contributed by atoms with Gasteiger partial charge in [-0.15, -0.1) is 0 Å². The lowest BCUT2D eigenvalue weighted by Gasteiger charge is -2.12. The van der Waals surface area contributed by atoms with Crippen LogP contribution in [0.5, 0.6) is 0 Å². The molecule has 1 aromatic heterocycles. The molecule has 90 valence electrons. The van der Waals surface area contributed by atoms with E-state index in [1.807, 2.05) is 42.1 Å². The van der Waals surface area contributed by atoms with Gasteiger partial charge in [0, 0.05) is 31.1 Å². The van der Waals surface area contributed by atoms with Crippen molar-refractivity contribution >= 4 is 11.4 Å². The summed E-state index contributed by atoms with van der Waals surface area (Å²) in [5.41, 5.74) is 16.0. The number of nitrogen functional groups attached to an aromatic ring is 2. The van der Waals surface area contributed by atoms with Gasteiger partial charge in [0.25, 0.3) is 0 Å². The number of aromatic nitrogens is 1. The van der Waals surface area contributed by atoms with E-state index in [0.717, 1.165) is 16.8 Å². The van der Waals surface area contributed by atoms with Crippen LogP contribution in [0.15, 0.2) is 30.5 Å². The fourth-order valence-corrected chi connectivity index (χ4v) is 1.96. The number of hydrogen-bond acceptors (Lipinski definition) is 3. The number of rotatable bonds is 3. The molecular formula is C13H17N3O. The Labute approximate surface area is 100 Å². The molecule has 0 bridgehead atoms. The normalized spacial score (nSPS) is 10.7. The van der Waals surface area contributed by atoms with E-state index in [9.17, 15) is 0 Å². The summed E-state index contributed by atoms with van der Waals surface area (Å²) < 4.78 is 1.99. The predicted molar refractivity (Wildman–Crippen MR) is 70.5 cm³/mol. The van der Waals surface area contributed by atoms with Gasteiger partial charge in [-0.05, 0) is 36.2 Å². The Bertz CT molecular complexity index is 531. The first-order chi connectivity index (χ1) is 8.13. The van der Waals surface area contributed by atoms with Crippen molar-refractivity contribution in [3.8, 4) is 11.3 Å². The summed E-state index contributed by atoms with van der Waals surface area (Å²) in [6.07, 6.45) is 2.55. The summed E-state index contributed by atoms with van der Waals surface area (Å²) >= 11 is 0. The van der Waals surface area contributed by atoms with Crippen molar-refractivity contribution in [1.82, 2.24) is 4.57 Å². The van der Waals surface area contributed by atoms with Gasteiger partial charge in [0.05, 0.1) is 11.4 Å². The zero-order chi connectivity index (χ0) is 12.4. The average Bonchev–Trinajstić information content (AvgIpc) is 2.70. The molecule has 0 unspecified atom stereocenters. The van der Waals surface area contributed by atoms with Gasteiger partial charge in [-0.25, -0.2) is 0 Å². The summed E-state index contributed by atoms with van der Waals surface area (Å²) in [6, 6.07) is 7.76.